The van der Waals surface area contributed by atoms with E-state index in [0.29, 0.717) is 12.2 Å². The van der Waals surface area contributed by atoms with Crippen molar-refractivity contribution in [3.8, 4) is 0 Å². The van der Waals surface area contributed by atoms with Gasteiger partial charge in [-0.05, 0) is 36.9 Å². The molecule has 1 rings (SSSR count). The van der Waals surface area contributed by atoms with Crippen molar-refractivity contribution in [3.05, 3.63) is 29.8 Å². The number of esters is 1. The maximum absolute atomic E-state index is 11.5. The van der Waals surface area contributed by atoms with Crippen LogP contribution >= 0.6 is 11.8 Å². The zero-order valence-corrected chi connectivity index (χ0v) is 9.97. The van der Waals surface area contributed by atoms with Gasteiger partial charge in [-0.2, -0.15) is 0 Å². The predicted octanol–water partition coefficient (Wildman–Crippen LogP) is 3.37. The third-order valence-electron chi connectivity index (χ3n) is 2.06. The third-order valence-corrected chi connectivity index (χ3v) is 2.80. The summed E-state index contributed by atoms with van der Waals surface area (Å²) in [5, 5.41) is 0. The van der Waals surface area contributed by atoms with Crippen molar-refractivity contribution in [1.82, 2.24) is 0 Å². The minimum absolute atomic E-state index is 0.226. The summed E-state index contributed by atoms with van der Waals surface area (Å²) < 4.78 is 5.10. The summed E-state index contributed by atoms with van der Waals surface area (Å²) in [6.07, 6.45) is 3.97. The topological polar surface area (TPSA) is 26.3 Å². The molecule has 0 radical (unpaired) electrons. The van der Waals surface area contributed by atoms with Gasteiger partial charge < -0.3 is 4.74 Å². The Bertz CT molecular complexity index is 306. The van der Waals surface area contributed by atoms with Crippen LogP contribution in [0.1, 0.15) is 30.1 Å². The van der Waals surface area contributed by atoms with Gasteiger partial charge in [-0.25, -0.2) is 4.79 Å². The number of ether oxygens (including phenoxy) is 1. The van der Waals surface area contributed by atoms with Crippen molar-refractivity contribution in [1.29, 1.82) is 0 Å². The Balaban J connectivity index is 2.50. The van der Waals surface area contributed by atoms with Crippen molar-refractivity contribution < 1.29 is 9.53 Å². The molecule has 3 heteroatoms. The highest BCUT2D eigenvalue weighted by Gasteiger charge is 2.05. The molecule has 0 fully saturated rings. The van der Waals surface area contributed by atoms with Gasteiger partial charge in [0, 0.05) is 4.90 Å². The molecule has 0 aromatic heterocycles. The molecule has 0 saturated heterocycles. The van der Waals surface area contributed by atoms with Crippen LogP contribution in [0.15, 0.2) is 29.2 Å². The summed E-state index contributed by atoms with van der Waals surface area (Å²) >= 11 is 1.66. The van der Waals surface area contributed by atoms with E-state index >= 15 is 0 Å². The lowest BCUT2D eigenvalue weighted by atomic mass is 10.2. The van der Waals surface area contributed by atoms with E-state index in [1.807, 2.05) is 18.4 Å². The second-order valence-electron chi connectivity index (χ2n) is 3.22. The fourth-order valence-electron chi connectivity index (χ4n) is 1.12. The minimum Gasteiger partial charge on any atom is -0.462 e. The first-order valence-corrected chi connectivity index (χ1v) is 6.31. The fourth-order valence-corrected chi connectivity index (χ4v) is 1.53. The molecule has 1 aromatic rings. The van der Waals surface area contributed by atoms with E-state index in [2.05, 4.69) is 6.92 Å². The monoisotopic (exact) mass is 224 g/mol. The molecule has 15 heavy (non-hydrogen) atoms. The normalized spacial score (nSPS) is 10.0. The van der Waals surface area contributed by atoms with Crippen LogP contribution in [-0.2, 0) is 4.74 Å². The van der Waals surface area contributed by atoms with E-state index in [9.17, 15) is 4.79 Å². The Morgan fingerprint density at radius 1 is 1.33 bits per heavy atom. The second-order valence-corrected chi connectivity index (χ2v) is 4.10. The summed E-state index contributed by atoms with van der Waals surface area (Å²) in [5.74, 6) is -0.226. The van der Waals surface area contributed by atoms with Gasteiger partial charge in [0.05, 0.1) is 12.2 Å². The van der Waals surface area contributed by atoms with Crippen molar-refractivity contribution in [2.24, 2.45) is 0 Å². The van der Waals surface area contributed by atoms with Crippen LogP contribution in [0, 0.1) is 0 Å². The SMILES string of the molecule is CCCCOC(=O)c1ccc(SC)cc1. The maximum atomic E-state index is 11.5. The van der Waals surface area contributed by atoms with Gasteiger partial charge in [0.2, 0.25) is 0 Å². The highest BCUT2D eigenvalue weighted by molar-refractivity contribution is 7.98. The second kappa shape index (κ2) is 6.51. The van der Waals surface area contributed by atoms with Gasteiger partial charge in [-0.15, -0.1) is 11.8 Å². The summed E-state index contributed by atoms with van der Waals surface area (Å²) in [7, 11) is 0. The van der Waals surface area contributed by atoms with Gasteiger partial charge in [-0.1, -0.05) is 13.3 Å². The molecule has 0 aliphatic carbocycles. The smallest absolute Gasteiger partial charge is 0.338 e. The van der Waals surface area contributed by atoms with Crippen LogP contribution < -0.4 is 0 Å². The summed E-state index contributed by atoms with van der Waals surface area (Å²) in [4.78, 5) is 12.6. The minimum atomic E-state index is -0.226. The molecule has 0 aliphatic heterocycles. The standard InChI is InChI=1S/C12H16O2S/c1-3-4-9-14-12(13)10-5-7-11(15-2)8-6-10/h5-8H,3-4,9H2,1-2H3. The van der Waals surface area contributed by atoms with Gasteiger partial charge in [0.15, 0.2) is 0 Å². The molecular weight excluding hydrogens is 208 g/mol. The van der Waals surface area contributed by atoms with E-state index in [4.69, 9.17) is 4.74 Å². The maximum Gasteiger partial charge on any atom is 0.338 e. The van der Waals surface area contributed by atoms with E-state index in [0.717, 1.165) is 17.7 Å². The van der Waals surface area contributed by atoms with Gasteiger partial charge in [0.1, 0.15) is 0 Å². The Hall–Kier alpha value is -0.960. The lowest BCUT2D eigenvalue weighted by Gasteiger charge is -2.04. The van der Waals surface area contributed by atoms with E-state index in [1.165, 1.54) is 0 Å². The molecule has 0 heterocycles. The summed E-state index contributed by atoms with van der Waals surface area (Å²) in [5.41, 5.74) is 0.629. The average molecular weight is 224 g/mol. The third kappa shape index (κ3) is 3.96. The zero-order valence-electron chi connectivity index (χ0n) is 9.16. The van der Waals surface area contributed by atoms with Crippen LogP contribution in [0.4, 0.5) is 0 Å². The Labute approximate surface area is 95.0 Å². The predicted molar refractivity (Wildman–Crippen MR) is 63.4 cm³/mol. The van der Waals surface area contributed by atoms with Crippen LogP contribution in [-0.4, -0.2) is 18.8 Å². The summed E-state index contributed by atoms with van der Waals surface area (Å²) in [6, 6.07) is 7.47. The van der Waals surface area contributed by atoms with Gasteiger partial charge in [0.25, 0.3) is 0 Å². The number of carbonyl (C=O) groups excluding carboxylic acids is 1. The van der Waals surface area contributed by atoms with Crippen molar-refractivity contribution in [2.45, 2.75) is 24.7 Å². The van der Waals surface area contributed by atoms with Crippen molar-refractivity contribution in [3.63, 3.8) is 0 Å². The van der Waals surface area contributed by atoms with Gasteiger partial charge in [-0.3, -0.25) is 0 Å². The van der Waals surface area contributed by atoms with Crippen LogP contribution in [0.3, 0.4) is 0 Å². The molecule has 0 atom stereocenters. The lowest BCUT2D eigenvalue weighted by Crippen LogP contribution is -2.05. The Morgan fingerprint density at radius 3 is 2.53 bits per heavy atom. The average Bonchev–Trinajstić information content (AvgIpc) is 2.29. The van der Waals surface area contributed by atoms with Crippen molar-refractivity contribution in [2.75, 3.05) is 12.9 Å². The van der Waals surface area contributed by atoms with Crippen molar-refractivity contribution >= 4 is 17.7 Å². The molecular formula is C12H16O2S. The van der Waals surface area contributed by atoms with E-state index in [1.54, 1.807) is 23.9 Å². The first-order valence-electron chi connectivity index (χ1n) is 5.09. The molecule has 0 bridgehead atoms. The highest BCUT2D eigenvalue weighted by atomic mass is 32.2. The molecule has 0 unspecified atom stereocenters. The molecule has 82 valence electrons. The number of unbranched alkanes of at least 4 members (excludes halogenated alkanes) is 1. The van der Waals surface area contributed by atoms with E-state index in [-0.39, 0.29) is 5.97 Å². The number of hydrogen-bond donors (Lipinski definition) is 0. The largest absolute Gasteiger partial charge is 0.462 e. The Morgan fingerprint density at radius 2 is 2.00 bits per heavy atom. The fraction of sp³-hybridized carbons (Fsp3) is 0.417. The number of rotatable bonds is 5. The first-order chi connectivity index (χ1) is 7.27. The molecule has 0 spiro atoms. The quantitative estimate of drug-likeness (QED) is 0.436. The zero-order chi connectivity index (χ0) is 11.1. The number of carbonyl (C=O) groups is 1. The number of thioether (sulfide) groups is 1. The first kappa shape index (κ1) is 12.1. The molecule has 0 saturated carbocycles. The lowest BCUT2D eigenvalue weighted by molar-refractivity contribution is 0.0499. The highest BCUT2D eigenvalue weighted by Crippen LogP contribution is 2.15. The van der Waals surface area contributed by atoms with Crippen LogP contribution in [0.2, 0.25) is 0 Å². The van der Waals surface area contributed by atoms with Gasteiger partial charge >= 0.3 is 5.97 Å². The molecule has 0 N–H and O–H groups in total. The molecule has 0 amide bonds. The number of benzene rings is 1. The molecule has 0 aliphatic rings. The Kier molecular flexibility index (Phi) is 5.26. The van der Waals surface area contributed by atoms with E-state index < -0.39 is 0 Å². The molecule has 2 nitrogen and oxygen atoms in total. The van der Waals surface area contributed by atoms with Crippen LogP contribution in [0.5, 0.6) is 0 Å². The molecule has 1 aromatic carbocycles. The van der Waals surface area contributed by atoms with Crippen LogP contribution in [0.25, 0.3) is 0 Å². The number of hydrogen-bond acceptors (Lipinski definition) is 3. The summed E-state index contributed by atoms with van der Waals surface area (Å²) in [6.45, 7) is 2.58.